The zero-order valence-electron chi connectivity index (χ0n) is 12.0. The predicted molar refractivity (Wildman–Crippen MR) is 77.4 cm³/mol. The molecule has 1 atom stereocenters. The van der Waals surface area contributed by atoms with Crippen molar-refractivity contribution in [3.05, 3.63) is 42.2 Å². The summed E-state index contributed by atoms with van der Waals surface area (Å²) in [5.74, 6) is 1.23. The summed E-state index contributed by atoms with van der Waals surface area (Å²) in [6.45, 7) is 6.76. The molecule has 0 aliphatic rings. The Morgan fingerprint density at radius 1 is 1.21 bits per heavy atom. The van der Waals surface area contributed by atoms with Crippen LogP contribution in [-0.4, -0.2) is 24.4 Å². The van der Waals surface area contributed by atoms with E-state index in [1.54, 1.807) is 6.26 Å². The normalized spacial score (nSPS) is 12.9. The second kappa shape index (κ2) is 8.59. The molecule has 0 aliphatic heterocycles. The van der Waals surface area contributed by atoms with Crippen molar-refractivity contribution in [3.8, 4) is 5.75 Å². The SMILES string of the molecule is CCC=COCC(O)COc1ccccc1C(C)C. The number of benzene rings is 1. The van der Waals surface area contributed by atoms with Gasteiger partial charge in [-0.1, -0.05) is 45.0 Å². The molecule has 1 aromatic carbocycles. The highest BCUT2D eigenvalue weighted by Gasteiger charge is 2.09. The van der Waals surface area contributed by atoms with Crippen LogP contribution in [-0.2, 0) is 4.74 Å². The number of aliphatic hydroxyl groups is 1. The summed E-state index contributed by atoms with van der Waals surface area (Å²) in [4.78, 5) is 0. The average molecular weight is 264 g/mol. The zero-order valence-corrected chi connectivity index (χ0v) is 12.0. The van der Waals surface area contributed by atoms with Crippen LogP contribution in [0.2, 0.25) is 0 Å². The molecule has 0 radical (unpaired) electrons. The third kappa shape index (κ3) is 5.79. The van der Waals surface area contributed by atoms with E-state index in [1.165, 1.54) is 0 Å². The van der Waals surface area contributed by atoms with Gasteiger partial charge in [-0.15, -0.1) is 0 Å². The molecule has 3 heteroatoms. The Morgan fingerprint density at radius 2 is 1.95 bits per heavy atom. The van der Waals surface area contributed by atoms with Gasteiger partial charge in [0.1, 0.15) is 25.1 Å². The van der Waals surface area contributed by atoms with E-state index in [2.05, 4.69) is 13.8 Å². The lowest BCUT2D eigenvalue weighted by Crippen LogP contribution is -2.22. The van der Waals surface area contributed by atoms with E-state index in [4.69, 9.17) is 9.47 Å². The van der Waals surface area contributed by atoms with E-state index < -0.39 is 6.10 Å². The summed E-state index contributed by atoms with van der Waals surface area (Å²) in [6, 6.07) is 7.91. The van der Waals surface area contributed by atoms with Crippen LogP contribution in [0.1, 0.15) is 38.7 Å². The first kappa shape index (κ1) is 15.6. The van der Waals surface area contributed by atoms with Crippen LogP contribution >= 0.6 is 0 Å². The lowest BCUT2D eigenvalue weighted by molar-refractivity contribution is 0.0459. The van der Waals surface area contributed by atoms with Gasteiger partial charge in [-0.05, 0) is 24.0 Å². The molecule has 1 N–H and O–H groups in total. The maximum Gasteiger partial charge on any atom is 0.122 e. The van der Waals surface area contributed by atoms with Gasteiger partial charge in [0.2, 0.25) is 0 Å². The van der Waals surface area contributed by atoms with E-state index in [0.29, 0.717) is 5.92 Å². The number of rotatable bonds is 8. The van der Waals surface area contributed by atoms with Crippen molar-refractivity contribution in [2.24, 2.45) is 0 Å². The Kier molecular flexibility index (Phi) is 7.04. The molecule has 0 aromatic heterocycles. The number of para-hydroxylation sites is 1. The second-order valence-electron chi connectivity index (χ2n) is 4.77. The average Bonchev–Trinajstić information content (AvgIpc) is 2.41. The van der Waals surface area contributed by atoms with Crippen molar-refractivity contribution in [1.29, 1.82) is 0 Å². The van der Waals surface area contributed by atoms with Crippen LogP contribution in [0.5, 0.6) is 5.75 Å². The van der Waals surface area contributed by atoms with E-state index in [0.717, 1.165) is 17.7 Å². The fourth-order valence-electron chi connectivity index (χ4n) is 1.65. The molecule has 0 saturated carbocycles. The first-order valence-electron chi connectivity index (χ1n) is 6.81. The van der Waals surface area contributed by atoms with Crippen LogP contribution in [0, 0.1) is 0 Å². The first-order valence-corrected chi connectivity index (χ1v) is 6.81. The fraction of sp³-hybridized carbons (Fsp3) is 0.500. The van der Waals surface area contributed by atoms with Gasteiger partial charge in [0.25, 0.3) is 0 Å². The molecule has 3 nitrogen and oxygen atoms in total. The maximum atomic E-state index is 9.76. The number of ether oxygens (including phenoxy) is 2. The minimum absolute atomic E-state index is 0.240. The van der Waals surface area contributed by atoms with Gasteiger partial charge in [-0.2, -0.15) is 0 Å². The van der Waals surface area contributed by atoms with Gasteiger partial charge in [0.15, 0.2) is 0 Å². The largest absolute Gasteiger partial charge is 0.499 e. The highest BCUT2D eigenvalue weighted by Crippen LogP contribution is 2.25. The smallest absolute Gasteiger partial charge is 0.122 e. The van der Waals surface area contributed by atoms with Gasteiger partial charge < -0.3 is 14.6 Å². The zero-order chi connectivity index (χ0) is 14.1. The first-order chi connectivity index (χ1) is 9.15. The number of hydrogen-bond donors (Lipinski definition) is 1. The minimum atomic E-state index is -0.623. The van der Waals surface area contributed by atoms with Crippen molar-refractivity contribution in [2.45, 2.75) is 39.2 Å². The molecule has 1 aromatic rings. The second-order valence-corrected chi connectivity index (χ2v) is 4.77. The molecule has 0 amide bonds. The molecule has 0 spiro atoms. The van der Waals surface area contributed by atoms with Crippen LogP contribution in [0.15, 0.2) is 36.6 Å². The van der Waals surface area contributed by atoms with Crippen molar-refractivity contribution in [3.63, 3.8) is 0 Å². The van der Waals surface area contributed by atoms with E-state index >= 15 is 0 Å². The van der Waals surface area contributed by atoms with Crippen molar-refractivity contribution >= 4 is 0 Å². The molecule has 0 aliphatic carbocycles. The van der Waals surface area contributed by atoms with Gasteiger partial charge in [0, 0.05) is 0 Å². The van der Waals surface area contributed by atoms with Gasteiger partial charge in [0.05, 0.1) is 6.26 Å². The summed E-state index contributed by atoms with van der Waals surface area (Å²) >= 11 is 0. The van der Waals surface area contributed by atoms with E-state index in [9.17, 15) is 5.11 Å². The van der Waals surface area contributed by atoms with Crippen LogP contribution in [0.4, 0.5) is 0 Å². The molecular formula is C16H24O3. The van der Waals surface area contributed by atoms with Crippen LogP contribution in [0.3, 0.4) is 0 Å². The van der Waals surface area contributed by atoms with Crippen molar-refractivity contribution < 1.29 is 14.6 Å². The van der Waals surface area contributed by atoms with Gasteiger partial charge >= 0.3 is 0 Å². The molecule has 0 fully saturated rings. The van der Waals surface area contributed by atoms with Crippen LogP contribution in [0.25, 0.3) is 0 Å². The summed E-state index contributed by atoms with van der Waals surface area (Å²) in [5, 5.41) is 9.76. The molecule has 0 bridgehead atoms. The lowest BCUT2D eigenvalue weighted by Gasteiger charge is -2.16. The maximum absolute atomic E-state index is 9.76. The monoisotopic (exact) mass is 264 g/mol. The highest BCUT2D eigenvalue weighted by molar-refractivity contribution is 5.35. The van der Waals surface area contributed by atoms with E-state index in [1.807, 2.05) is 37.3 Å². The number of aliphatic hydroxyl groups excluding tert-OH is 1. The third-order valence-electron chi connectivity index (χ3n) is 2.69. The quantitative estimate of drug-likeness (QED) is 0.730. The van der Waals surface area contributed by atoms with Gasteiger partial charge in [-0.3, -0.25) is 0 Å². The third-order valence-corrected chi connectivity index (χ3v) is 2.69. The topological polar surface area (TPSA) is 38.7 Å². The minimum Gasteiger partial charge on any atom is -0.499 e. The Labute approximate surface area is 115 Å². The van der Waals surface area contributed by atoms with Crippen LogP contribution < -0.4 is 4.74 Å². The highest BCUT2D eigenvalue weighted by atomic mass is 16.5. The summed E-state index contributed by atoms with van der Waals surface area (Å²) in [6.07, 6.45) is 3.82. The standard InChI is InChI=1S/C16H24O3/c1-4-5-10-18-11-14(17)12-19-16-9-7-6-8-15(16)13(2)3/h5-10,13-14,17H,4,11-12H2,1-3H3. The van der Waals surface area contributed by atoms with Gasteiger partial charge in [-0.25, -0.2) is 0 Å². The molecular weight excluding hydrogens is 240 g/mol. The van der Waals surface area contributed by atoms with Crippen molar-refractivity contribution in [1.82, 2.24) is 0 Å². The molecule has 0 heterocycles. The predicted octanol–water partition coefficient (Wildman–Crippen LogP) is 3.49. The molecule has 19 heavy (non-hydrogen) atoms. The summed E-state index contributed by atoms with van der Waals surface area (Å²) < 4.78 is 10.9. The molecule has 1 unspecified atom stereocenters. The molecule has 106 valence electrons. The Balaban J connectivity index is 2.41. The van der Waals surface area contributed by atoms with E-state index in [-0.39, 0.29) is 13.2 Å². The Hall–Kier alpha value is -1.48. The fourth-order valence-corrected chi connectivity index (χ4v) is 1.65. The molecule has 0 saturated heterocycles. The Morgan fingerprint density at radius 3 is 2.63 bits per heavy atom. The van der Waals surface area contributed by atoms with Crippen molar-refractivity contribution in [2.75, 3.05) is 13.2 Å². The summed E-state index contributed by atoms with van der Waals surface area (Å²) in [7, 11) is 0. The Bertz CT molecular complexity index is 385. The number of hydrogen-bond acceptors (Lipinski definition) is 3. The summed E-state index contributed by atoms with van der Waals surface area (Å²) in [5.41, 5.74) is 1.15. The number of allylic oxidation sites excluding steroid dienone is 1. The lowest BCUT2D eigenvalue weighted by atomic mass is 10.0. The molecule has 1 rings (SSSR count).